The number of amides is 1. The standard InChI is InChI=1S/C29H25Cl2FN4O/c1-19-25(17-22-7-10-23(30)18-26(22)31)28(34-27(33-19)20-5-3-2-4-6-20)35-13-15-36(16-14-35)29(37)21-8-11-24(32)12-9-21/h2-12,18H,13-17H2,1H3. The summed E-state index contributed by atoms with van der Waals surface area (Å²) in [4.78, 5) is 26.8. The fraction of sp³-hybridized carbons (Fsp3) is 0.207. The molecular formula is C29H25Cl2FN4O. The van der Waals surface area contributed by atoms with Crippen molar-refractivity contribution in [2.24, 2.45) is 0 Å². The van der Waals surface area contributed by atoms with Crippen LogP contribution >= 0.6 is 23.2 Å². The summed E-state index contributed by atoms with van der Waals surface area (Å²) in [6, 6.07) is 21.1. The number of carbonyl (C=O) groups is 1. The van der Waals surface area contributed by atoms with E-state index in [2.05, 4.69) is 4.90 Å². The van der Waals surface area contributed by atoms with E-state index in [0.29, 0.717) is 54.0 Å². The Morgan fingerprint density at radius 1 is 0.919 bits per heavy atom. The number of benzene rings is 3. The van der Waals surface area contributed by atoms with Crippen molar-refractivity contribution < 1.29 is 9.18 Å². The molecule has 8 heteroatoms. The van der Waals surface area contributed by atoms with E-state index in [9.17, 15) is 9.18 Å². The van der Waals surface area contributed by atoms with Gasteiger partial charge in [0.15, 0.2) is 5.82 Å². The summed E-state index contributed by atoms with van der Waals surface area (Å²) in [6.07, 6.45) is 0.557. The monoisotopic (exact) mass is 534 g/mol. The van der Waals surface area contributed by atoms with E-state index < -0.39 is 0 Å². The van der Waals surface area contributed by atoms with Crippen LogP contribution in [0.5, 0.6) is 0 Å². The first kappa shape index (κ1) is 25.2. The molecule has 0 unspecified atom stereocenters. The average molecular weight is 535 g/mol. The van der Waals surface area contributed by atoms with Gasteiger partial charge in [0.05, 0.1) is 0 Å². The highest BCUT2D eigenvalue weighted by atomic mass is 35.5. The van der Waals surface area contributed by atoms with E-state index in [1.807, 2.05) is 49.4 Å². The highest BCUT2D eigenvalue weighted by molar-refractivity contribution is 6.35. The molecule has 37 heavy (non-hydrogen) atoms. The molecule has 0 radical (unpaired) electrons. The van der Waals surface area contributed by atoms with Crippen molar-refractivity contribution in [3.05, 3.63) is 111 Å². The van der Waals surface area contributed by atoms with Gasteiger partial charge in [-0.3, -0.25) is 4.79 Å². The molecule has 0 atom stereocenters. The molecule has 0 bridgehead atoms. The van der Waals surface area contributed by atoms with Crippen LogP contribution in [0.4, 0.5) is 10.2 Å². The zero-order valence-electron chi connectivity index (χ0n) is 20.3. The molecule has 2 heterocycles. The van der Waals surface area contributed by atoms with Crippen LogP contribution in [0.25, 0.3) is 11.4 Å². The van der Waals surface area contributed by atoms with Crippen LogP contribution in [0.15, 0.2) is 72.8 Å². The van der Waals surface area contributed by atoms with Crippen molar-refractivity contribution in [3.8, 4) is 11.4 Å². The molecule has 4 aromatic rings. The normalized spacial score (nSPS) is 13.6. The SMILES string of the molecule is Cc1nc(-c2ccccc2)nc(N2CCN(C(=O)c3ccc(F)cc3)CC2)c1Cc1ccc(Cl)cc1Cl. The van der Waals surface area contributed by atoms with Crippen molar-refractivity contribution in [2.45, 2.75) is 13.3 Å². The molecule has 5 rings (SSSR count). The number of rotatable bonds is 5. The van der Waals surface area contributed by atoms with Crippen molar-refractivity contribution in [3.63, 3.8) is 0 Å². The molecule has 5 nitrogen and oxygen atoms in total. The molecule has 0 saturated carbocycles. The van der Waals surface area contributed by atoms with E-state index in [4.69, 9.17) is 33.2 Å². The number of anilines is 1. The second-order valence-corrected chi connectivity index (χ2v) is 9.84. The molecule has 0 spiro atoms. The Labute approximate surface area is 225 Å². The number of hydrogen-bond donors (Lipinski definition) is 0. The smallest absolute Gasteiger partial charge is 0.253 e. The molecule has 0 N–H and O–H groups in total. The maximum Gasteiger partial charge on any atom is 0.253 e. The summed E-state index contributed by atoms with van der Waals surface area (Å²) in [5, 5.41) is 1.18. The van der Waals surface area contributed by atoms with E-state index in [1.165, 1.54) is 24.3 Å². The number of halogens is 3. The van der Waals surface area contributed by atoms with Gasteiger partial charge in [0.25, 0.3) is 5.91 Å². The first-order chi connectivity index (χ1) is 17.9. The molecule has 1 aromatic heterocycles. The number of hydrogen-bond acceptors (Lipinski definition) is 4. The largest absolute Gasteiger partial charge is 0.353 e. The van der Waals surface area contributed by atoms with Gasteiger partial charge in [-0.15, -0.1) is 0 Å². The molecule has 1 aliphatic rings. The molecule has 3 aromatic carbocycles. The first-order valence-electron chi connectivity index (χ1n) is 12.1. The lowest BCUT2D eigenvalue weighted by molar-refractivity contribution is 0.0746. The Kier molecular flexibility index (Phi) is 7.40. The van der Waals surface area contributed by atoms with Gasteiger partial charge in [-0.2, -0.15) is 0 Å². The maximum absolute atomic E-state index is 13.3. The highest BCUT2D eigenvalue weighted by Gasteiger charge is 2.26. The van der Waals surface area contributed by atoms with Crippen LogP contribution < -0.4 is 4.90 Å². The van der Waals surface area contributed by atoms with Gasteiger partial charge in [-0.25, -0.2) is 14.4 Å². The Hall–Kier alpha value is -3.48. The molecule has 1 aliphatic heterocycles. The average Bonchev–Trinajstić information content (AvgIpc) is 2.91. The molecule has 1 saturated heterocycles. The van der Waals surface area contributed by atoms with Crippen LogP contribution in [-0.4, -0.2) is 47.0 Å². The second kappa shape index (κ2) is 10.9. The highest BCUT2D eigenvalue weighted by Crippen LogP contribution is 2.31. The fourth-order valence-electron chi connectivity index (χ4n) is 4.52. The van der Waals surface area contributed by atoms with Crippen LogP contribution in [-0.2, 0) is 6.42 Å². The number of nitrogens with zero attached hydrogens (tertiary/aromatic N) is 4. The minimum absolute atomic E-state index is 0.100. The summed E-state index contributed by atoms with van der Waals surface area (Å²) in [5.41, 5.74) is 4.23. The molecular weight excluding hydrogens is 510 g/mol. The van der Waals surface area contributed by atoms with Crippen molar-refractivity contribution in [1.29, 1.82) is 0 Å². The Morgan fingerprint density at radius 3 is 2.30 bits per heavy atom. The zero-order chi connectivity index (χ0) is 25.9. The lowest BCUT2D eigenvalue weighted by Gasteiger charge is -2.36. The molecule has 0 aliphatic carbocycles. The third-order valence-corrected chi connectivity index (χ3v) is 7.15. The van der Waals surface area contributed by atoms with Gasteiger partial charge < -0.3 is 9.80 Å². The van der Waals surface area contributed by atoms with Crippen LogP contribution in [0.3, 0.4) is 0 Å². The topological polar surface area (TPSA) is 49.3 Å². The first-order valence-corrected chi connectivity index (χ1v) is 12.8. The van der Waals surface area contributed by atoms with Gasteiger partial charge >= 0.3 is 0 Å². The summed E-state index contributed by atoms with van der Waals surface area (Å²) in [5.74, 6) is 1.04. The number of carbonyl (C=O) groups excluding carboxylic acids is 1. The van der Waals surface area contributed by atoms with Crippen molar-refractivity contribution in [2.75, 3.05) is 31.1 Å². The van der Waals surface area contributed by atoms with Gasteiger partial charge in [0, 0.05) is 65.0 Å². The Morgan fingerprint density at radius 2 is 1.62 bits per heavy atom. The summed E-state index contributed by atoms with van der Waals surface area (Å²) >= 11 is 12.6. The number of aryl methyl sites for hydroxylation is 1. The lowest BCUT2D eigenvalue weighted by atomic mass is 10.0. The zero-order valence-corrected chi connectivity index (χ0v) is 21.8. The van der Waals surface area contributed by atoms with E-state index in [-0.39, 0.29) is 11.7 Å². The molecule has 1 amide bonds. The van der Waals surface area contributed by atoms with Gasteiger partial charge in [-0.1, -0.05) is 59.6 Å². The predicted molar refractivity (Wildman–Crippen MR) is 146 cm³/mol. The molecule has 188 valence electrons. The third-order valence-electron chi connectivity index (χ3n) is 6.56. The predicted octanol–water partition coefficient (Wildman–Crippen LogP) is 6.45. The second-order valence-electron chi connectivity index (χ2n) is 9.00. The van der Waals surface area contributed by atoms with E-state index in [0.717, 1.165) is 28.2 Å². The quantitative estimate of drug-likeness (QED) is 0.295. The molecule has 1 fully saturated rings. The maximum atomic E-state index is 13.3. The third kappa shape index (κ3) is 5.60. The van der Waals surface area contributed by atoms with Crippen LogP contribution in [0.1, 0.15) is 27.2 Å². The minimum atomic E-state index is -0.358. The van der Waals surface area contributed by atoms with Crippen LogP contribution in [0, 0.1) is 12.7 Å². The van der Waals surface area contributed by atoms with Gasteiger partial charge in [0.1, 0.15) is 11.6 Å². The number of aromatic nitrogens is 2. The summed E-state index contributed by atoms with van der Waals surface area (Å²) in [7, 11) is 0. The summed E-state index contributed by atoms with van der Waals surface area (Å²) in [6.45, 7) is 4.27. The van der Waals surface area contributed by atoms with Crippen LogP contribution in [0.2, 0.25) is 10.0 Å². The number of piperazine rings is 1. The van der Waals surface area contributed by atoms with Crippen molar-refractivity contribution >= 4 is 34.9 Å². The van der Waals surface area contributed by atoms with E-state index >= 15 is 0 Å². The fourth-order valence-corrected chi connectivity index (χ4v) is 4.99. The van der Waals surface area contributed by atoms with Gasteiger partial charge in [0.2, 0.25) is 0 Å². The lowest BCUT2D eigenvalue weighted by Crippen LogP contribution is -2.49. The Bertz CT molecular complexity index is 1420. The summed E-state index contributed by atoms with van der Waals surface area (Å²) < 4.78 is 13.3. The van der Waals surface area contributed by atoms with Gasteiger partial charge in [-0.05, 0) is 48.9 Å². The van der Waals surface area contributed by atoms with E-state index in [1.54, 1.807) is 11.0 Å². The Balaban J connectivity index is 1.45. The van der Waals surface area contributed by atoms with Crippen molar-refractivity contribution in [1.82, 2.24) is 14.9 Å². The minimum Gasteiger partial charge on any atom is -0.353 e.